The third kappa shape index (κ3) is 2.28. The molecule has 0 unspecified atom stereocenters. The zero-order valence-electron chi connectivity index (χ0n) is 12.8. The van der Waals surface area contributed by atoms with Gasteiger partial charge in [-0.25, -0.2) is 4.39 Å². The van der Waals surface area contributed by atoms with Crippen LogP contribution in [0.1, 0.15) is 5.69 Å². The molecule has 0 spiro atoms. The maximum absolute atomic E-state index is 13.3. The number of pyridine rings is 1. The van der Waals surface area contributed by atoms with E-state index in [4.69, 9.17) is 0 Å². The van der Waals surface area contributed by atoms with E-state index in [0.29, 0.717) is 11.3 Å². The van der Waals surface area contributed by atoms with Crippen molar-refractivity contribution in [3.8, 4) is 22.4 Å². The Kier molecular flexibility index (Phi) is 3.23. The molecule has 24 heavy (non-hydrogen) atoms. The predicted octanol–water partition coefficient (Wildman–Crippen LogP) is 3.20. The highest BCUT2D eigenvalue weighted by Gasteiger charge is 2.18. The smallest absolute Gasteiger partial charge is 0.274 e. The van der Waals surface area contributed by atoms with Crippen molar-refractivity contribution in [1.82, 2.24) is 19.6 Å². The zero-order chi connectivity index (χ0) is 16.7. The van der Waals surface area contributed by atoms with E-state index in [0.717, 1.165) is 22.4 Å². The molecule has 5 nitrogen and oxygen atoms in total. The quantitative estimate of drug-likeness (QED) is 0.617. The number of hydrogen-bond acceptors (Lipinski definition) is 3. The first kappa shape index (κ1) is 14.3. The molecule has 0 aliphatic heterocycles. The van der Waals surface area contributed by atoms with Crippen LogP contribution in [0.4, 0.5) is 4.39 Å². The average Bonchev–Trinajstić information content (AvgIpc) is 2.96. The average molecular weight is 320 g/mol. The Morgan fingerprint density at radius 2 is 1.75 bits per heavy atom. The molecule has 118 valence electrons. The van der Waals surface area contributed by atoms with Crippen molar-refractivity contribution in [2.45, 2.75) is 6.92 Å². The summed E-state index contributed by atoms with van der Waals surface area (Å²) in [6.45, 7) is 1.82. The lowest BCUT2D eigenvalue weighted by Crippen LogP contribution is -2.14. The van der Waals surface area contributed by atoms with E-state index >= 15 is 0 Å². The first-order valence-corrected chi connectivity index (χ1v) is 7.42. The van der Waals surface area contributed by atoms with Gasteiger partial charge in [0.15, 0.2) is 0 Å². The summed E-state index contributed by atoms with van der Waals surface area (Å²) in [5, 5.41) is 4.46. The fourth-order valence-electron chi connectivity index (χ4n) is 2.76. The molecule has 0 saturated heterocycles. The number of nitrogens with one attached hydrogen (secondary N) is 1. The van der Waals surface area contributed by atoms with Crippen LogP contribution in [-0.4, -0.2) is 19.6 Å². The summed E-state index contributed by atoms with van der Waals surface area (Å²) in [6.07, 6.45) is 3.36. The summed E-state index contributed by atoms with van der Waals surface area (Å²) in [4.78, 5) is 19.5. The van der Waals surface area contributed by atoms with E-state index in [1.165, 1.54) is 22.7 Å². The zero-order valence-corrected chi connectivity index (χ0v) is 12.8. The van der Waals surface area contributed by atoms with Crippen molar-refractivity contribution in [2.24, 2.45) is 0 Å². The van der Waals surface area contributed by atoms with E-state index in [2.05, 4.69) is 15.1 Å². The van der Waals surface area contributed by atoms with Crippen LogP contribution in [0.25, 0.3) is 28.0 Å². The van der Waals surface area contributed by atoms with Gasteiger partial charge in [0.25, 0.3) is 5.56 Å². The molecule has 1 N–H and O–H groups in total. The Hall–Kier alpha value is -3.28. The minimum atomic E-state index is -0.320. The monoisotopic (exact) mass is 320 g/mol. The number of aromatic amines is 1. The van der Waals surface area contributed by atoms with Crippen molar-refractivity contribution < 1.29 is 4.39 Å². The second-order valence-corrected chi connectivity index (χ2v) is 5.52. The van der Waals surface area contributed by atoms with Gasteiger partial charge in [0.1, 0.15) is 17.2 Å². The van der Waals surface area contributed by atoms with Gasteiger partial charge in [-0.15, -0.1) is 0 Å². The summed E-state index contributed by atoms with van der Waals surface area (Å²) in [7, 11) is 0. The van der Waals surface area contributed by atoms with Crippen LogP contribution in [0.5, 0.6) is 0 Å². The first-order valence-electron chi connectivity index (χ1n) is 7.42. The van der Waals surface area contributed by atoms with Crippen LogP contribution in [0.3, 0.4) is 0 Å². The highest BCUT2D eigenvalue weighted by atomic mass is 19.1. The van der Waals surface area contributed by atoms with E-state index in [1.807, 2.05) is 19.1 Å². The molecule has 6 heteroatoms. The van der Waals surface area contributed by atoms with Gasteiger partial charge in [-0.2, -0.15) is 9.61 Å². The number of H-pyrrole nitrogens is 1. The van der Waals surface area contributed by atoms with Crippen molar-refractivity contribution in [1.29, 1.82) is 0 Å². The minimum Gasteiger partial charge on any atom is -0.343 e. The van der Waals surface area contributed by atoms with Crippen LogP contribution >= 0.6 is 0 Å². The lowest BCUT2D eigenvalue weighted by atomic mass is 10.0. The topological polar surface area (TPSA) is 63.1 Å². The molecular formula is C18H13FN4O. The number of aryl methyl sites for hydroxylation is 1. The second-order valence-electron chi connectivity index (χ2n) is 5.52. The molecule has 4 aromatic rings. The molecule has 0 amide bonds. The molecule has 1 aromatic carbocycles. The van der Waals surface area contributed by atoms with E-state index in [1.54, 1.807) is 24.5 Å². The van der Waals surface area contributed by atoms with Gasteiger partial charge in [-0.05, 0) is 48.9 Å². The van der Waals surface area contributed by atoms with Crippen molar-refractivity contribution in [3.05, 3.63) is 76.7 Å². The van der Waals surface area contributed by atoms with Gasteiger partial charge < -0.3 is 4.98 Å². The van der Waals surface area contributed by atoms with Gasteiger partial charge in [-0.3, -0.25) is 9.78 Å². The van der Waals surface area contributed by atoms with Crippen LogP contribution in [0, 0.1) is 12.7 Å². The SMILES string of the molecule is Cc1cc(=O)n2nc(-c3ccc(F)cc3)c(-c3ccncc3)c2[nH]1. The van der Waals surface area contributed by atoms with Crippen LogP contribution in [0.15, 0.2) is 59.7 Å². The molecule has 0 bridgehead atoms. The Morgan fingerprint density at radius 1 is 1.04 bits per heavy atom. The number of benzene rings is 1. The maximum atomic E-state index is 13.3. The van der Waals surface area contributed by atoms with Gasteiger partial charge in [0.2, 0.25) is 0 Å². The van der Waals surface area contributed by atoms with E-state index < -0.39 is 0 Å². The van der Waals surface area contributed by atoms with Crippen LogP contribution in [0.2, 0.25) is 0 Å². The lowest BCUT2D eigenvalue weighted by Gasteiger charge is -2.04. The Balaban J connectivity index is 2.11. The Bertz CT molecular complexity index is 1080. The van der Waals surface area contributed by atoms with Crippen molar-refractivity contribution >= 4 is 5.65 Å². The fraction of sp³-hybridized carbons (Fsp3) is 0.0556. The lowest BCUT2D eigenvalue weighted by molar-refractivity contribution is 0.628. The Morgan fingerprint density at radius 3 is 2.46 bits per heavy atom. The fourth-order valence-corrected chi connectivity index (χ4v) is 2.76. The normalized spacial score (nSPS) is 11.1. The first-order chi connectivity index (χ1) is 11.6. The van der Waals surface area contributed by atoms with Gasteiger partial charge in [0, 0.05) is 29.7 Å². The van der Waals surface area contributed by atoms with Gasteiger partial charge in [0.05, 0.1) is 5.56 Å². The number of aromatic nitrogens is 4. The van der Waals surface area contributed by atoms with Crippen molar-refractivity contribution in [2.75, 3.05) is 0 Å². The number of nitrogens with zero attached hydrogens (tertiary/aromatic N) is 3. The molecule has 0 aliphatic rings. The summed E-state index contributed by atoms with van der Waals surface area (Å²) in [5.41, 5.74) is 4.13. The number of fused-ring (bicyclic) bond motifs is 1. The highest BCUT2D eigenvalue weighted by molar-refractivity contribution is 5.90. The molecule has 3 heterocycles. The van der Waals surface area contributed by atoms with Gasteiger partial charge >= 0.3 is 0 Å². The van der Waals surface area contributed by atoms with Crippen LogP contribution in [-0.2, 0) is 0 Å². The second kappa shape index (κ2) is 5.42. The highest BCUT2D eigenvalue weighted by Crippen LogP contribution is 2.33. The molecule has 4 rings (SSSR count). The third-order valence-corrected chi connectivity index (χ3v) is 3.84. The van der Waals surface area contributed by atoms with E-state index in [9.17, 15) is 9.18 Å². The maximum Gasteiger partial charge on any atom is 0.274 e. The number of hydrogen-bond donors (Lipinski definition) is 1. The summed E-state index contributed by atoms with van der Waals surface area (Å²) in [6, 6.07) is 11.3. The largest absolute Gasteiger partial charge is 0.343 e. The molecular weight excluding hydrogens is 307 g/mol. The van der Waals surface area contributed by atoms with Gasteiger partial charge in [-0.1, -0.05) is 0 Å². The molecule has 0 saturated carbocycles. The van der Waals surface area contributed by atoms with E-state index in [-0.39, 0.29) is 11.4 Å². The molecule has 3 aromatic heterocycles. The summed E-state index contributed by atoms with van der Waals surface area (Å²) >= 11 is 0. The Labute approximate surface area is 136 Å². The number of rotatable bonds is 2. The van der Waals surface area contributed by atoms with Crippen molar-refractivity contribution in [3.63, 3.8) is 0 Å². The molecule has 0 radical (unpaired) electrons. The molecule has 0 atom stereocenters. The van der Waals surface area contributed by atoms with Crippen LogP contribution < -0.4 is 5.56 Å². The molecule has 0 fully saturated rings. The molecule has 0 aliphatic carbocycles. The predicted molar refractivity (Wildman–Crippen MR) is 89.2 cm³/mol. The number of halogens is 1. The summed E-state index contributed by atoms with van der Waals surface area (Å²) in [5.74, 6) is -0.320. The summed E-state index contributed by atoms with van der Waals surface area (Å²) < 4.78 is 14.6. The third-order valence-electron chi connectivity index (χ3n) is 3.84. The standard InChI is InChI=1S/C18H13FN4O/c1-11-10-15(24)23-18(21-11)16(12-6-8-20-9-7-12)17(22-23)13-2-4-14(19)5-3-13/h2-10,21H,1H3. The minimum absolute atomic E-state index is 0.218.